The molecule has 13 heteroatoms. The Morgan fingerprint density at radius 2 is 1.77 bits per heavy atom. The van der Waals surface area contributed by atoms with E-state index in [9.17, 15) is 27.6 Å². The summed E-state index contributed by atoms with van der Waals surface area (Å²) in [5.41, 5.74) is -0.904. The molecule has 2 heterocycles. The molecule has 0 aliphatic heterocycles. The minimum absolute atomic E-state index is 0.0249. The molecule has 0 spiro atoms. The number of aldehydes is 1. The second-order valence-electron chi connectivity index (χ2n) is 7.27. The molecule has 0 unspecified atom stereocenters. The van der Waals surface area contributed by atoms with Crippen molar-refractivity contribution in [2.24, 2.45) is 0 Å². The minimum Gasteiger partial charge on any atom is -0.425 e. The largest absolute Gasteiger partial charge is 0.573 e. The van der Waals surface area contributed by atoms with Crippen molar-refractivity contribution in [1.29, 1.82) is 0 Å². The number of imidazole rings is 1. The first-order valence-corrected chi connectivity index (χ1v) is 10.5. The third-order valence-corrected chi connectivity index (χ3v) is 5.08. The van der Waals surface area contributed by atoms with Crippen LogP contribution in [-0.4, -0.2) is 31.8 Å². The van der Waals surface area contributed by atoms with Crippen LogP contribution in [-0.2, 0) is 17.9 Å². The van der Waals surface area contributed by atoms with Crippen LogP contribution in [0, 0.1) is 0 Å². The maximum absolute atomic E-state index is 13.1. The summed E-state index contributed by atoms with van der Waals surface area (Å²) in [5.74, 6) is -0.567. The van der Waals surface area contributed by atoms with Gasteiger partial charge in [0.25, 0.3) is 5.56 Å². The Labute approximate surface area is 199 Å². The summed E-state index contributed by atoms with van der Waals surface area (Å²) < 4.78 is 49.7. The Kier molecular flexibility index (Phi) is 6.65. The van der Waals surface area contributed by atoms with Crippen LogP contribution in [0.4, 0.5) is 13.2 Å². The molecule has 0 bridgehead atoms. The predicted octanol–water partition coefficient (Wildman–Crippen LogP) is 3.87. The monoisotopic (exact) mass is 508 g/mol. The lowest BCUT2D eigenvalue weighted by molar-refractivity contribution is -0.274. The number of carbonyl (C=O) groups excluding carboxylic acids is 1. The van der Waals surface area contributed by atoms with Crippen LogP contribution >= 0.6 is 11.6 Å². The first kappa shape index (κ1) is 24.1. The smallest absolute Gasteiger partial charge is 0.425 e. The molecule has 9 nitrogen and oxygen atoms in total. The van der Waals surface area contributed by atoms with E-state index >= 15 is 0 Å². The van der Waals surface area contributed by atoms with Gasteiger partial charge in [0, 0.05) is 24.1 Å². The molecule has 0 saturated heterocycles. The first-order chi connectivity index (χ1) is 16.6. The predicted molar refractivity (Wildman–Crippen MR) is 119 cm³/mol. The van der Waals surface area contributed by atoms with Crippen molar-refractivity contribution in [3.05, 3.63) is 80.0 Å². The maximum atomic E-state index is 13.1. The molecule has 182 valence electrons. The van der Waals surface area contributed by atoms with Gasteiger partial charge in [0.05, 0.1) is 6.54 Å². The van der Waals surface area contributed by atoms with E-state index < -0.39 is 23.4 Å². The first-order valence-electron chi connectivity index (χ1n) is 10.1. The number of H-pyrrole nitrogens is 1. The van der Waals surface area contributed by atoms with E-state index in [1.807, 2.05) is 0 Å². The number of benzene rings is 2. The van der Waals surface area contributed by atoms with E-state index in [1.54, 1.807) is 24.3 Å². The number of hydrogen-bond donors (Lipinski definition) is 1. The summed E-state index contributed by atoms with van der Waals surface area (Å²) in [6.45, 7) is -0.0938. The molecule has 0 fully saturated rings. The summed E-state index contributed by atoms with van der Waals surface area (Å²) in [4.78, 5) is 42.9. The SMILES string of the molecule is O=CCCn1c(=O)[nH]c2nc(Oc3cccc(OC(F)(F)F)c3)n(Cc3ccc(Cl)cc3)c2c1=O. The summed E-state index contributed by atoms with van der Waals surface area (Å²) in [6, 6.07) is 11.3. The van der Waals surface area contributed by atoms with Gasteiger partial charge in [-0.3, -0.25) is 18.9 Å². The van der Waals surface area contributed by atoms with Gasteiger partial charge in [-0.25, -0.2) is 4.79 Å². The van der Waals surface area contributed by atoms with Gasteiger partial charge >= 0.3 is 18.1 Å². The summed E-state index contributed by atoms with van der Waals surface area (Å²) in [6.07, 6.45) is -4.38. The molecular formula is C22H16ClF3N4O5. The fraction of sp³-hybridized carbons (Fsp3) is 0.182. The number of rotatable bonds is 8. The van der Waals surface area contributed by atoms with Crippen molar-refractivity contribution in [3.63, 3.8) is 0 Å². The van der Waals surface area contributed by atoms with E-state index in [-0.39, 0.29) is 42.4 Å². The normalized spacial score (nSPS) is 11.5. The van der Waals surface area contributed by atoms with Crippen molar-refractivity contribution in [1.82, 2.24) is 19.1 Å². The van der Waals surface area contributed by atoms with Crippen molar-refractivity contribution >= 4 is 29.1 Å². The second-order valence-corrected chi connectivity index (χ2v) is 7.71. The Morgan fingerprint density at radius 1 is 1.06 bits per heavy atom. The molecule has 0 amide bonds. The molecule has 0 aliphatic rings. The fourth-order valence-electron chi connectivity index (χ4n) is 3.35. The highest BCUT2D eigenvalue weighted by molar-refractivity contribution is 6.30. The number of nitrogens with zero attached hydrogens (tertiary/aromatic N) is 3. The third kappa shape index (κ3) is 5.54. The van der Waals surface area contributed by atoms with Crippen molar-refractivity contribution in [2.75, 3.05) is 0 Å². The number of ether oxygens (including phenoxy) is 2. The molecule has 35 heavy (non-hydrogen) atoms. The van der Waals surface area contributed by atoms with E-state index in [2.05, 4.69) is 14.7 Å². The molecular weight excluding hydrogens is 493 g/mol. The Hall–Kier alpha value is -4.06. The number of alkyl halides is 3. The minimum atomic E-state index is -4.90. The molecule has 1 N–H and O–H groups in total. The molecule has 0 saturated carbocycles. The number of carbonyl (C=O) groups is 1. The zero-order chi connectivity index (χ0) is 25.2. The average Bonchev–Trinajstić information content (AvgIpc) is 3.10. The average molecular weight is 509 g/mol. The van der Waals surface area contributed by atoms with Crippen LogP contribution in [0.5, 0.6) is 17.5 Å². The molecule has 0 aliphatic carbocycles. The lowest BCUT2D eigenvalue weighted by Gasteiger charge is -2.12. The number of aromatic amines is 1. The van der Waals surface area contributed by atoms with Gasteiger partial charge in [0.2, 0.25) is 0 Å². The van der Waals surface area contributed by atoms with Crippen LogP contribution in [0.2, 0.25) is 5.02 Å². The van der Waals surface area contributed by atoms with E-state index in [0.717, 1.165) is 16.7 Å². The van der Waals surface area contributed by atoms with Gasteiger partial charge in [-0.15, -0.1) is 13.2 Å². The lowest BCUT2D eigenvalue weighted by Crippen LogP contribution is -2.36. The van der Waals surface area contributed by atoms with E-state index in [0.29, 0.717) is 16.9 Å². The van der Waals surface area contributed by atoms with E-state index in [4.69, 9.17) is 16.3 Å². The fourth-order valence-corrected chi connectivity index (χ4v) is 3.47. The topological polar surface area (TPSA) is 108 Å². The van der Waals surface area contributed by atoms with Crippen LogP contribution in [0.3, 0.4) is 0 Å². The third-order valence-electron chi connectivity index (χ3n) is 4.82. The summed E-state index contributed by atoms with van der Waals surface area (Å²) in [7, 11) is 0. The number of nitrogens with one attached hydrogen (secondary N) is 1. The highest BCUT2D eigenvalue weighted by atomic mass is 35.5. The summed E-state index contributed by atoms with van der Waals surface area (Å²) >= 11 is 5.94. The number of aromatic nitrogens is 4. The molecule has 2 aromatic carbocycles. The van der Waals surface area contributed by atoms with Crippen molar-refractivity contribution in [3.8, 4) is 17.5 Å². The maximum Gasteiger partial charge on any atom is 0.573 e. The van der Waals surface area contributed by atoms with Gasteiger partial charge < -0.3 is 14.3 Å². The number of halogens is 4. The molecule has 0 atom stereocenters. The van der Waals surface area contributed by atoms with Crippen molar-refractivity contribution < 1.29 is 27.4 Å². The standard InChI is InChI=1S/C22H16ClF3N4O5/c23-14-7-5-13(6-8-14)12-30-17-18(27-20(33)29(19(17)32)9-2-10-31)28-21(30)34-15-3-1-4-16(11-15)35-22(24,25)26/h1,3-8,10-11H,2,9,12H2,(H,27,33). The van der Waals surface area contributed by atoms with Gasteiger partial charge in [-0.2, -0.15) is 4.98 Å². The Bertz CT molecular complexity index is 1490. The molecule has 2 aromatic heterocycles. The van der Waals surface area contributed by atoms with Gasteiger partial charge in [-0.1, -0.05) is 29.8 Å². The summed E-state index contributed by atoms with van der Waals surface area (Å²) in [5, 5.41) is 0.489. The number of hydrogen-bond acceptors (Lipinski definition) is 6. The van der Waals surface area contributed by atoms with Crippen LogP contribution in [0.1, 0.15) is 12.0 Å². The zero-order valence-electron chi connectivity index (χ0n) is 17.7. The van der Waals surface area contributed by atoms with Gasteiger partial charge in [0.15, 0.2) is 11.2 Å². The molecule has 4 aromatic rings. The Morgan fingerprint density at radius 3 is 2.46 bits per heavy atom. The van der Waals surface area contributed by atoms with Crippen molar-refractivity contribution in [2.45, 2.75) is 25.9 Å². The lowest BCUT2D eigenvalue weighted by atomic mass is 10.2. The van der Waals surface area contributed by atoms with Crippen LogP contribution in [0.25, 0.3) is 11.2 Å². The quantitative estimate of drug-likeness (QED) is 0.362. The highest BCUT2D eigenvalue weighted by Gasteiger charge is 2.31. The van der Waals surface area contributed by atoms with Crippen LogP contribution < -0.4 is 20.7 Å². The van der Waals surface area contributed by atoms with Gasteiger partial charge in [-0.05, 0) is 29.8 Å². The van der Waals surface area contributed by atoms with Gasteiger partial charge in [0.1, 0.15) is 17.8 Å². The molecule has 4 rings (SSSR count). The zero-order valence-corrected chi connectivity index (χ0v) is 18.5. The second kappa shape index (κ2) is 9.66. The molecule has 0 radical (unpaired) electrons. The van der Waals surface area contributed by atoms with E-state index in [1.165, 1.54) is 16.7 Å². The van der Waals surface area contributed by atoms with Crippen LogP contribution in [0.15, 0.2) is 58.1 Å². The Balaban J connectivity index is 1.83. The highest BCUT2D eigenvalue weighted by Crippen LogP contribution is 2.30. The number of fused-ring (bicyclic) bond motifs is 1.